The van der Waals surface area contributed by atoms with Crippen molar-refractivity contribution in [2.24, 2.45) is 0 Å². The molecule has 128 valence electrons. The summed E-state index contributed by atoms with van der Waals surface area (Å²) in [6, 6.07) is 11.5. The second kappa shape index (κ2) is 7.62. The Bertz CT molecular complexity index is 725. The van der Waals surface area contributed by atoms with Gasteiger partial charge in [0, 0.05) is 40.7 Å². The molecule has 1 aromatic heterocycles. The number of hydrogen-bond acceptors (Lipinski definition) is 2. The maximum absolute atomic E-state index is 2.43. The lowest BCUT2D eigenvalue weighted by molar-refractivity contribution is 0.417. The quantitative estimate of drug-likeness (QED) is 0.713. The molecule has 1 aliphatic heterocycles. The van der Waals surface area contributed by atoms with Crippen LogP contribution in [0.1, 0.15) is 37.1 Å². The van der Waals surface area contributed by atoms with Crippen LogP contribution in [0.2, 0.25) is 0 Å². The van der Waals surface area contributed by atoms with Crippen molar-refractivity contribution < 1.29 is 0 Å². The van der Waals surface area contributed by atoms with Crippen molar-refractivity contribution in [2.75, 3.05) is 20.6 Å². The van der Waals surface area contributed by atoms with Gasteiger partial charge in [0.05, 0.1) is 0 Å². The van der Waals surface area contributed by atoms with Gasteiger partial charge in [0.2, 0.25) is 0 Å². The molecule has 0 amide bonds. The average molecular weight is 341 g/mol. The standard InChI is InChI=1S/C21H28N2S/c1-16(2)24-18-10-9-17-11-14-23-13-6-8-21(23)19(20(17)15-18)7-5-12-22(3)4/h6-10,13,15-16H,5,11-12,14H2,1-4H3/b19-7+. The van der Waals surface area contributed by atoms with Crippen molar-refractivity contribution in [3.63, 3.8) is 0 Å². The fraction of sp³-hybridized carbons (Fsp3) is 0.429. The predicted molar refractivity (Wildman–Crippen MR) is 106 cm³/mol. The van der Waals surface area contributed by atoms with Gasteiger partial charge in [-0.3, -0.25) is 0 Å². The first-order valence-corrected chi connectivity index (χ1v) is 9.73. The van der Waals surface area contributed by atoms with E-state index in [1.165, 1.54) is 27.3 Å². The Hall–Kier alpha value is -1.45. The first kappa shape index (κ1) is 17.4. The minimum Gasteiger partial charge on any atom is -0.347 e. The lowest BCUT2D eigenvalue weighted by Gasteiger charge is -2.14. The molecular formula is C21H28N2S. The van der Waals surface area contributed by atoms with E-state index in [0.717, 1.165) is 25.9 Å². The van der Waals surface area contributed by atoms with Gasteiger partial charge in [-0.15, -0.1) is 11.8 Å². The van der Waals surface area contributed by atoms with Crippen LogP contribution >= 0.6 is 11.8 Å². The van der Waals surface area contributed by atoms with Gasteiger partial charge in [0.15, 0.2) is 0 Å². The molecule has 0 atom stereocenters. The summed E-state index contributed by atoms with van der Waals surface area (Å²) in [5.41, 5.74) is 5.67. The molecule has 0 bridgehead atoms. The molecule has 0 saturated heterocycles. The summed E-state index contributed by atoms with van der Waals surface area (Å²) >= 11 is 1.95. The Labute approximate surface area is 150 Å². The summed E-state index contributed by atoms with van der Waals surface area (Å²) in [5.74, 6) is 0. The van der Waals surface area contributed by atoms with Crippen LogP contribution in [0, 0.1) is 0 Å². The number of nitrogens with zero attached hydrogens (tertiary/aromatic N) is 2. The first-order chi connectivity index (χ1) is 11.5. The van der Waals surface area contributed by atoms with E-state index in [-0.39, 0.29) is 0 Å². The highest BCUT2D eigenvalue weighted by Crippen LogP contribution is 2.34. The minimum atomic E-state index is 0.610. The fourth-order valence-corrected chi connectivity index (χ4v) is 4.16. The van der Waals surface area contributed by atoms with Crippen LogP contribution in [0.3, 0.4) is 0 Å². The fourth-order valence-electron chi connectivity index (χ4n) is 3.28. The molecule has 24 heavy (non-hydrogen) atoms. The zero-order chi connectivity index (χ0) is 17.1. The maximum Gasteiger partial charge on any atom is 0.0483 e. The van der Waals surface area contributed by atoms with E-state index < -0.39 is 0 Å². The van der Waals surface area contributed by atoms with Crippen LogP contribution in [0.4, 0.5) is 0 Å². The molecule has 0 N–H and O–H groups in total. The Balaban J connectivity index is 2.03. The largest absolute Gasteiger partial charge is 0.347 e. The second-order valence-corrected chi connectivity index (χ2v) is 8.68. The predicted octanol–water partition coefficient (Wildman–Crippen LogP) is 4.93. The van der Waals surface area contributed by atoms with Gasteiger partial charge in [-0.1, -0.05) is 26.0 Å². The summed E-state index contributed by atoms with van der Waals surface area (Å²) in [5, 5.41) is 0.610. The zero-order valence-electron chi connectivity index (χ0n) is 15.2. The van der Waals surface area contributed by atoms with Crippen molar-refractivity contribution in [1.82, 2.24) is 9.47 Å². The van der Waals surface area contributed by atoms with Gasteiger partial charge in [-0.05, 0) is 62.3 Å². The van der Waals surface area contributed by atoms with E-state index in [2.05, 4.69) is 80.0 Å². The van der Waals surface area contributed by atoms with E-state index in [1.807, 2.05) is 11.8 Å². The number of hydrogen-bond donors (Lipinski definition) is 0. The van der Waals surface area contributed by atoms with E-state index in [1.54, 1.807) is 0 Å². The third-order valence-corrected chi connectivity index (χ3v) is 5.39. The highest BCUT2D eigenvalue weighted by Gasteiger charge is 2.18. The molecule has 3 heteroatoms. The number of benzene rings is 1. The number of thioether (sulfide) groups is 1. The molecule has 2 heterocycles. The van der Waals surface area contributed by atoms with E-state index in [9.17, 15) is 0 Å². The third kappa shape index (κ3) is 3.96. The van der Waals surface area contributed by atoms with Gasteiger partial charge in [0.1, 0.15) is 0 Å². The number of aromatic nitrogens is 1. The molecular weight excluding hydrogens is 312 g/mol. The third-order valence-electron chi connectivity index (χ3n) is 4.40. The van der Waals surface area contributed by atoms with Crippen molar-refractivity contribution in [3.05, 3.63) is 59.4 Å². The maximum atomic E-state index is 2.43. The Morgan fingerprint density at radius 2 is 2.08 bits per heavy atom. The molecule has 1 aromatic carbocycles. The summed E-state index contributed by atoms with van der Waals surface area (Å²) in [6.07, 6.45) is 6.83. The highest BCUT2D eigenvalue weighted by atomic mass is 32.2. The minimum absolute atomic E-state index is 0.610. The Morgan fingerprint density at radius 1 is 1.25 bits per heavy atom. The van der Waals surface area contributed by atoms with Crippen LogP contribution < -0.4 is 0 Å². The van der Waals surface area contributed by atoms with Crippen LogP contribution in [0.15, 0.2) is 47.5 Å². The van der Waals surface area contributed by atoms with Crippen LogP contribution in [-0.4, -0.2) is 35.4 Å². The Morgan fingerprint density at radius 3 is 2.83 bits per heavy atom. The second-order valence-electron chi connectivity index (χ2n) is 7.03. The summed E-state index contributed by atoms with van der Waals surface area (Å²) in [7, 11) is 4.28. The summed E-state index contributed by atoms with van der Waals surface area (Å²) in [6.45, 7) is 6.67. The molecule has 3 rings (SSSR count). The van der Waals surface area contributed by atoms with E-state index in [0.29, 0.717) is 5.25 Å². The average Bonchev–Trinajstić information content (AvgIpc) is 2.92. The normalized spacial score (nSPS) is 15.7. The van der Waals surface area contributed by atoms with Crippen molar-refractivity contribution >= 4 is 17.3 Å². The topological polar surface area (TPSA) is 8.17 Å². The summed E-state index contributed by atoms with van der Waals surface area (Å²) < 4.78 is 2.40. The monoisotopic (exact) mass is 340 g/mol. The van der Waals surface area contributed by atoms with Crippen molar-refractivity contribution in [2.45, 2.75) is 43.4 Å². The SMILES string of the molecule is CC(C)Sc1ccc2c(c1)/C(=C\CCN(C)C)c1cccn1CC2. The molecule has 1 aliphatic rings. The van der Waals surface area contributed by atoms with Gasteiger partial charge < -0.3 is 9.47 Å². The molecule has 0 radical (unpaired) electrons. The van der Waals surface area contributed by atoms with Crippen molar-refractivity contribution in [1.29, 1.82) is 0 Å². The lowest BCUT2D eigenvalue weighted by Crippen LogP contribution is -2.12. The molecule has 2 nitrogen and oxygen atoms in total. The number of aryl methyl sites for hydroxylation is 2. The van der Waals surface area contributed by atoms with Gasteiger partial charge in [-0.2, -0.15) is 0 Å². The smallest absolute Gasteiger partial charge is 0.0483 e. The van der Waals surface area contributed by atoms with Crippen molar-refractivity contribution in [3.8, 4) is 0 Å². The molecule has 0 unspecified atom stereocenters. The molecule has 0 aliphatic carbocycles. The molecule has 0 saturated carbocycles. The van der Waals surface area contributed by atoms with Crippen LogP contribution in [0.25, 0.3) is 5.57 Å². The van der Waals surface area contributed by atoms with Gasteiger partial charge in [-0.25, -0.2) is 0 Å². The molecule has 2 aromatic rings. The lowest BCUT2D eigenvalue weighted by atomic mass is 9.96. The Kier molecular flexibility index (Phi) is 5.52. The highest BCUT2D eigenvalue weighted by molar-refractivity contribution is 7.99. The van der Waals surface area contributed by atoms with Crippen LogP contribution in [0.5, 0.6) is 0 Å². The van der Waals surface area contributed by atoms with E-state index in [4.69, 9.17) is 0 Å². The number of fused-ring (bicyclic) bond motifs is 2. The molecule has 0 fully saturated rings. The first-order valence-electron chi connectivity index (χ1n) is 8.85. The summed E-state index contributed by atoms with van der Waals surface area (Å²) in [4.78, 5) is 3.63. The van der Waals surface area contributed by atoms with Gasteiger partial charge >= 0.3 is 0 Å². The molecule has 0 spiro atoms. The van der Waals surface area contributed by atoms with Crippen LogP contribution in [-0.2, 0) is 13.0 Å². The van der Waals surface area contributed by atoms with Gasteiger partial charge in [0.25, 0.3) is 0 Å². The number of rotatable bonds is 5. The van der Waals surface area contributed by atoms with E-state index >= 15 is 0 Å². The zero-order valence-corrected chi connectivity index (χ0v) is 16.1.